The molecule has 4 heteroatoms. The average molecular weight is 276 g/mol. The third-order valence-electron chi connectivity index (χ3n) is 2.85. The molecule has 0 saturated carbocycles. The molecule has 19 heavy (non-hydrogen) atoms. The van der Waals surface area contributed by atoms with Crippen molar-refractivity contribution >= 4 is 23.2 Å². The third kappa shape index (κ3) is 3.34. The summed E-state index contributed by atoms with van der Waals surface area (Å²) in [6.07, 6.45) is 0. The van der Waals surface area contributed by atoms with E-state index < -0.39 is 0 Å². The molecule has 3 nitrogen and oxygen atoms in total. The van der Waals surface area contributed by atoms with Gasteiger partial charge in [-0.3, -0.25) is 4.79 Å². The van der Waals surface area contributed by atoms with Gasteiger partial charge in [0.15, 0.2) is 0 Å². The minimum absolute atomic E-state index is 0.0324. The number of carbonyl (C=O) groups excluding carboxylic acids is 1. The standard InChI is InChI=1S/C15H14ClNO2/c1-10-2-7-13(16)8-14(10)17-15(19)12-5-3-11(9-18)4-6-12/h2-8,18H,9H2,1H3,(H,17,19). The summed E-state index contributed by atoms with van der Waals surface area (Å²) < 4.78 is 0. The van der Waals surface area contributed by atoms with Gasteiger partial charge in [-0.05, 0) is 42.3 Å². The van der Waals surface area contributed by atoms with Gasteiger partial charge in [0.1, 0.15) is 0 Å². The maximum atomic E-state index is 12.1. The fourth-order valence-corrected chi connectivity index (χ4v) is 1.86. The van der Waals surface area contributed by atoms with Crippen LogP contribution in [-0.2, 0) is 6.61 Å². The van der Waals surface area contributed by atoms with Crippen molar-refractivity contribution in [2.45, 2.75) is 13.5 Å². The van der Waals surface area contributed by atoms with Crippen LogP contribution in [0.3, 0.4) is 0 Å². The molecule has 2 aromatic rings. The first-order valence-corrected chi connectivity index (χ1v) is 6.25. The topological polar surface area (TPSA) is 49.3 Å². The number of anilines is 1. The minimum Gasteiger partial charge on any atom is -0.392 e. The number of aliphatic hydroxyl groups excluding tert-OH is 1. The van der Waals surface area contributed by atoms with Gasteiger partial charge in [0.25, 0.3) is 5.91 Å². The van der Waals surface area contributed by atoms with E-state index in [0.717, 1.165) is 11.1 Å². The summed E-state index contributed by atoms with van der Waals surface area (Å²) in [5.41, 5.74) is 2.96. The lowest BCUT2D eigenvalue weighted by molar-refractivity contribution is 0.102. The fraction of sp³-hybridized carbons (Fsp3) is 0.133. The van der Waals surface area contributed by atoms with Gasteiger partial charge in [-0.1, -0.05) is 29.8 Å². The fourth-order valence-electron chi connectivity index (χ4n) is 1.68. The lowest BCUT2D eigenvalue weighted by atomic mass is 10.1. The summed E-state index contributed by atoms with van der Waals surface area (Å²) in [7, 11) is 0. The van der Waals surface area contributed by atoms with Crippen molar-refractivity contribution in [2.24, 2.45) is 0 Å². The summed E-state index contributed by atoms with van der Waals surface area (Å²) in [4.78, 5) is 12.1. The van der Waals surface area contributed by atoms with Crippen molar-refractivity contribution in [3.05, 3.63) is 64.2 Å². The largest absolute Gasteiger partial charge is 0.392 e. The van der Waals surface area contributed by atoms with Gasteiger partial charge in [0.05, 0.1) is 6.61 Å². The van der Waals surface area contributed by atoms with E-state index in [1.807, 2.05) is 13.0 Å². The molecule has 0 atom stereocenters. The van der Waals surface area contributed by atoms with Gasteiger partial charge < -0.3 is 10.4 Å². The highest BCUT2D eigenvalue weighted by molar-refractivity contribution is 6.31. The molecule has 0 heterocycles. The van der Waals surface area contributed by atoms with Crippen molar-refractivity contribution in [3.63, 3.8) is 0 Å². The zero-order valence-corrected chi connectivity index (χ0v) is 11.2. The van der Waals surface area contributed by atoms with Crippen LogP contribution in [0, 0.1) is 6.92 Å². The molecule has 2 N–H and O–H groups in total. The second-order valence-electron chi connectivity index (χ2n) is 4.27. The van der Waals surface area contributed by atoms with Crippen LogP contribution in [0.5, 0.6) is 0 Å². The number of halogens is 1. The highest BCUT2D eigenvalue weighted by Gasteiger charge is 2.08. The lowest BCUT2D eigenvalue weighted by Gasteiger charge is -2.09. The molecule has 2 rings (SSSR count). The Morgan fingerprint density at radius 3 is 2.53 bits per heavy atom. The van der Waals surface area contributed by atoms with Crippen LogP contribution >= 0.6 is 11.6 Å². The quantitative estimate of drug-likeness (QED) is 0.902. The molecular formula is C15H14ClNO2. The highest BCUT2D eigenvalue weighted by Crippen LogP contribution is 2.20. The number of carbonyl (C=O) groups is 1. The Balaban J connectivity index is 2.18. The number of rotatable bonds is 3. The molecule has 0 radical (unpaired) electrons. The number of aliphatic hydroxyl groups is 1. The Hall–Kier alpha value is -1.84. The Kier molecular flexibility index (Phi) is 4.20. The number of hydrogen-bond donors (Lipinski definition) is 2. The van der Waals surface area contributed by atoms with Crippen molar-refractivity contribution in [1.29, 1.82) is 0 Å². The van der Waals surface area contributed by atoms with E-state index in [1.165, 1.54) is 0 Å². The maximum absolute atomic E-state index is 12.1. The third-order valence-corrected chi connectivity index (χ3v) is 3.08. The van der Waals surface area contributed by atoms with Crippen LogP contribution in [0.15, 0.2) is 42.5 Å². The number of hydrogen-bond acceptors (Lipinski definition) is 2. The summed E-state index contributed by atoms with van der Waals surface area (Å²) in [6.45, 7) is 1.87. The molecule has 0 saturated heterocycles. The molecule has 2 aromatic carbocycles. The van der Waals surface area contributed by atoms with E-state index in [2.05, 4.69) is 5.32 Å². The van der Waals surface area contributed by atoms with Gasteiger partial charge in [0.2, 0.25) is 0 Å². The van der Waals surface area contributed by atoms with Crippen molar-refractivity contribution in [3.8, 4) is 0 Å². The molecule has 98 valence electrons. The molecule has 1 amide bonds. The second kappa shape index (κ2) is 5.87. The summed E-state index contributed by atoms with van der Waals surface area (Å²) in [5.74, 6) is -0.199. The molecule has 0 bridgehead atoms. The first-order valence-electron chi connectivity index (χ1n) is 5.87. The molecule has 0 aliphatic rings. The van der Waals surface area contributed by atoms with Crippen LogP contribution in [0.2, 0.25) is 5.02 Å². The maximum Gasteiger partial charge on any atom is 0.255 e. The zero-order chi connectivity index (χ0) is 13.8. The van der Waals surface area contributed by atoms with E-state index in [0.29, 0.717) is 16.3 Å². The van der Waals surface area contributed by atoms with Gasteiger partial charge in [0, 0.05) is 16.3 Å². The van der Waals surface area contributed by atoms with E-state index in [1.54, 1.807) is 36.4 Å². The number of nitrogens with one attached hydrogen (secondary N) is 1. The SMILES string of the molecule is Cc1ccc(Cl)cc1NC(=O)c1ccc(CO)cc1. The number of benzene rings is 2. The van der Waals surface area contributed by atoms with Gasteiger partial charge >= 0.3 is 0 Å². The van der Waals surface area contributed by atoms with Crippen molar-refractivity contribution < 1.29 is 9.90 Å². The van der Waals surface area contributed by atoms with E-state index in [9.17, 15) is 4.79 Å². The van der Waals surface area contributed by atoms with E-state index >= 15 is 0 Å². The number of amides is 1. The van der Waals surface area contributed by atoms with Crippen LogP contribution in [0.4, 0.5) is 5.69 Å². The molecule has 0 unspecified atom stereocenters. The monoisotopic (exact) mass is 275 g/mol. The van der Waals surface area contributed by atoms with Crippen LogP contribution in [0.25, 0.3) is 0 Å². The summed E-state index contributed by atoms with van der Waals surface area (Å²) in [5, 5.41) is 12.4. The Labute approximate surface area is 116 Å². The molecule has 0 spiro atoms. The summed E-state index contributed by atoms with van der Waals surface area (Å²) >= 11 is 5.91. The van der Waals surface area contributed by atoms with Crippen LogP contribution in [0.1, 0.15) is 21.5 Å². The lowest BCUT2D eigenvalue weighted by Crippen LogP contribution is -2.12. The first-order chi connectivity index (χ1) is 9.10. The second-order valence-corrected chi connectivity index (χ2v) is 4.70. The Morgan fingerprint density at radius 2 is 1.89 bits per heavy atom. The van der Waals surface area contributed by atoms with E-state index in [4.69, 9.17) is 16.7 Å². The average Bonchev–Trinajstić information content (AvgIpc) is 2.43. The summed E-state index contributed by atoms with van der Waals surface area (Å²) in [6, 6.07) is 12.2. The normalized spacial score (nSPS) is 10.3. The highest BCUT2D eigenvalue weighted by atomic mass is 35.5. The smallest absolute Gasteiger partial charge is 0.255 e. The predicted octanol–water partition coefficient (Wildman–Crippen LogP) is 3.39. The molecule has 0 aliphatic heterocycles. The van der Waals surface area contributed by atoms with Crippen LogP contribution in [-0.4, -0.2) is 11.0 Å². The van der Waals surface area contributed by atoms with Gasteiger partial charge in [-0.25, -0.2) is 0 Å². The molecule has 0 aliphatic carbocycles. The molecule has 0 fully saturated rings. The minimum atomic E-state index is -0.199. The van der Waals surface area contributed by atoms with Gasteiger partial charge in [-0.2, -0.15) is 0 Å². The Morgan fingerprint density at radius 1 is 1.21 bits per heavy atom. The van der Waals surface area contributed by atoms with Crippen molar-refractivity contribution in [1.82, 2.24) is 0 Å². The van der Waals surface area contributed by atoms with Gasteiger partial charge in [-0.15, -0.1) is 0 Å². The molecular weight excluding hydrogens is 262 g/mol. The number of aryl methyl sites for hydroxylation is 1. The van der Waals surface area contributed by atoms with E-state index in [-0.39, 0.29) is 12.5 Å². The Bertz CT molecular complexity index is 594. The zero-order valence-electron chi connectivity index (χ0n) is 10.5. The molecule has 0 aromatic heterocycles. The van der Waals surface area contributed by atoms with Crippen LogP contribution < -0.4 is 5.32 Å². The first kappa shape index (κ1) is 13.6. The van der Waals surface area contributed by atoms with Crippen molar-refractivity contribution in [2.75, 3.05) is 5.32 Å². The predicted molar refractivity (Wildman–Crippen MR) is 76.5 cm³/mol.